The molecule has 114 valence electrons. The number of nitrogens with zero attached hydrogens (tertiary/aromatic N) is 3. The van der Waals surface area contributed by atoms with Gasteiger partial charge >= 0.3 is 0 Å². The van der Waals surface area contributed by atoms with Crippen LogP contribution in [0.3, 0.4) is 0 Å². The van der Waals surface area contributed by atoms with Crippen LogP contribution < -0.4 is 5.56 Å². The van der Waals surface area contributed by atoms with Crippen molar-refractivity contribution in [3.05, 3.63) is 70.5 Å². The van der Waals surface area contributed by atoms with Gasteiger partial charge in [-0.15, -0.1) is 0 Å². The van der Waals surface area contributed by atoms with E-state index >= 15 is 0 Å². The first kappa shape index (κ1) is 13.7. The van der Waals surface area contributed by atoms with Crippen LogP contribution in [0.1, 0.15) is 11.6 Å². The van der Waals surface area contributed by atoms with Crippen molar-refractivity contribution in [1.29, 1.82) is 0 Å². The van der Waals surface area contributed by atoms with E-state index < -0.39 is 0 Å². The Hall–Kier alpha value is -2.95. The van der Waals surface area contributed by atoms with E-state index in [0.29, 0.717) is 17.6 Å². The number of hydrogen-bond acceptors (Lipinski definition) is 3. The van der Waals surface area contributed by atoms with Gasteiger partial charge in [0.05, 0.1) is 21.9 Å². The van der Waals surface area contributed by atoms with Gasteiger partial charge in [0.1, 0.15) is 11.6 Å². The lowest BCUT2D eigenvalue weighted by Gasteiger charge is -2.04. The van der Waals surface area contributed by atoms with E-state index in [4.69, 9.17) is 0 Å². The van der Waals surface area contributed by atoms with E-state index in [1.54, 1.807) is 6.07 Å². The molecule has 0 bridgehead atoms. The summed E-state index contributed by atoms with van der Waals surface area (Å²) in [5.41, 5.74) is 2.75. The summed E-state index contributed by atoms with van der Waals surface area (Å²) in [5, 5.41) is 0.624. The van der Waals surface area contributed by atoms with Gasteiger partial charge in [0, 0.05) is 19.9 Å². The van der Waals surface area contributed by atoms with Crippen molar-refractivity contribution in [2.24, 2.45) is 7.05 Å². The number of nitrogens with one attached hydrogen (secondary N) is 1. The average Bonchev–Trinajstić information content (AvgIpc) is 2.90. The second-order valence-electron chi connectivity index (χ2n) is 5.61. The Kier molecular flexibility index (Phi) is 3.19. The standard InChI is InChI=1S/C18H16N4O/c1-22-15-9-5-4-8-14(15)20-17(22)11-10-16-19-13-7-3-2-6-12(13)18(23)21-16/h2-9H,10-11H2,1H3,(H,19,21,23). The predicted octanol–water partition coefficient (Wildman–Crippen LogP) is 2.60. The van der Waals surface area contributed by atoms with Crippen molar-refractivity contribution in [3.8, 4) is 0 Å². The molecule has 0 aliphatic rings. The predicted molar refractivity (Wildman–Crippen MR) is 90.5 cm³/mol. The Balaban J connectivity index is 1.65. The smallest absolute Gasteiger partial charge is 0.258 e. The van der Waals surface area contributed by atoms with Crippen molar-refractivity contribution in [1.82, 2.24) is 19.5 Å². The molecule has 0 saturated heterocycles. The Morgan fingerprint density at radius 1 is 0.957 bits per heavy atom. The first-order valence-corrected chi connectivity index (χ1v) is 7.60. The monoisotopic (exact) mass is 304 g/mol. The third kappa shape index (κ3) is 2.40. The molecular weight excluding hydrogens is 288 g/mol. The molecule has 0 radical (unpaired) electrons. The summed E-state index contributed by atoms with van der Waals surface area (Å²) < 4.78 is 2.09. The number of para-hydroxylation sites is 3. The number of benzene rings is 2. The number of aromatic amines is 1. The molecule has 23 heavy (non-hydrogen) atoms. The van der Waals surface area contributed by atoms with Gasteiger partial charge in [0.25, 0.3) is 5.56 Å². The summed E-state index contributed by atoms with van der Waals surface area (Å²) in [4.78, 5) is 24.2. The SMILES string of the molecule is Cn1c(CCc2nc3ccccc3c(=O)[nH]2)nc2ccccc21. The van der Waals surface area contributed by atoms with E-state index in [9.17, 15) is 4.79 Å². The minimum atomic E-state index is -0.0874. The number of imidazole rings is 1. The largest absolute Gasteiger partial charge is 0.331 e. The van der Waals surface area contributed by atoms with Crippen LogP contribution in [0.25, 0.3) is 21.9 Å². The van der Waals surface area contributed by atoms with Crippen LogP contribution in [-0.2, 0) is 19.9 Å². The molecule has 0 amide bonds. The molecule has 1 N–H and O–H groups in total. The van der Waals surface area contributed by atoms with Crippen LogP contribution in [0, 0.1) is 0 Å². The lowest BCUT2D eigenvalue weighted by Crippen LogP contribution is -2.13. The van der Waals surface area contributed by atoms with Crippen molar-refractivity contribution in [2.75, 3.05) is 0 Å². The zero-order valence-corrected chi connectivity index (χ0v) is 12.8. The van der Waals surface area contributed by atoms with Gasteiger partial charge in [0.15, 0.2) is 0 Å². The topological polar surface area (TPSA) is 63.6 Å². The quantitative estimate of drug-likeness (QED) is 0.633. The molecule has 5 nitrogen and oxygen atoms in total. The van der Waals surface area contributed by atoms with E-state index in [-0.39, 0.29) is 5.56 Å². The third-order valence-corrected chi connectivity index (χ3v) is 4.13. The van der Waals surface area contributed by atoms with Gasteiger partial charge < -0.3 is 9.55 Å². The van der Waals surface area contributed by atoms with Gasteiger partial charge in [0.2, 0.25) is 0 Å². The molecule has 0 atom stereocenters. The first-order valence-electron chi connectivity index (χ1n) is 7.60. The highest BCUT2D eigenvalue weighted by molar-refractivity contribution is 5.77. The first-order chi connectivity index (χ1) is 11.2. The van der Waals surface area contributed by atoms with Crippen LogP contribution in [-0.4, -0.2) is 19.5 Å². The molecule has 0 aliphatic carbocycles. The fraction of sp³-hybridized carbons (Fsp3) is 0.167. The number of aromatic nitrogens is 4. The van der Waals surface area contributed by atoms with Crippen LogP contribution in [0.5, 0.6) is 0 Å². The Morgan fingerprint density at radius 3 is 2.52 bits per heavy atom. The average molecular weight is 304 g/mol. The van der Waals surface area contributed by atoms with Gasteiger partial charge in [-0.1, -0.05) is 24.3 Å². The number of fused-ring (bicyclic) bond motifs is 2. The molecule has 0 fully saturated rings. The summed E-state index contributed by atoms with van der Waals surface area (Å²) in [7, 11) is 2.02. The molecule has 5 heteroatoms. The van der Waals surface area contributed by atoms with Crippen LogP contribution in [0.15, 0.2) is 53.3 Å². The minimum absolute atomic E-state index is 0.0874. The highest BCUT2D eigenvalue weighted by Gasteiger charge is 2.09. The Bertz CT molecular complexity index is 1060. The molecule has 4 aromatic rings. The molecule has 2 heterocycles. The second kappa shape index (κ2) is 5.35. The van der Waals surface area contributed by atoms with Gasteiger partial charge in [-0.2, -0.15) is 0 Å². The minimum Gasteiger partial charge on any atom is -0.331 e. The number of H-pyrrole nitrogens is 1. The van der Waals surface area contributed by atoms with Gasteiger partial charge in [-0.3, -0.25) is 4.79 Å². The molecule has 4 rings (SSSR count). The number of aryl methyl sites for hydroxylation is 3. The molecule has 0 saturated carbocycles. The third-order valence-electron chi connectivity index (χ3n) is 4.13. The highest BCUT2D eigenvalue weighted by Crippen LogP contribution is 2.15. The zero-order valence-electron chi connectivity index (χ0n) is 12.8. The fourth-order valence-corrected chi connectivity index (χ4v) is 2.90. The molecule has 2 aromatic carbocycles. The Morgan fingerprint density at radius 2 is 1.70 bits per heavy atom. The number of hydrogen-bond donors (Lipinski definition) is 1. The molecule has 0 aliphatic heterocycles. The van der Waals surface area contributed by atoms with Crippen LogP contribution >= 0.6 is 0 Å². The highest BCUT2D eigenvalue weighted by atomic mass is 16.1. The van der Waals surface area contributed by atoms with E-state index in [2.05, 4.69) is 25.6 Å². The maximum absolute atomic E-state index is 12.1. The van der Waals surface area contributed by atoms with Gasteiger partial charge in [-0.25, -0.2) is 9.97 Å². The zero-order chi connectivity index (χ0) is 15.8. The second-order valence-corrected chi connectivity index (χ2v) is 5.61. The normalized spacial score (nSPS) is 11.3. The molecule has 0 unspecified atom stereocenters. The summed E-state index contributed by atoms with van der Waals surface area (Å²) in [6.07, 6.45) is 1.38. The molecular formula is C18H16N4O. The van der Waals surface area contributed by atoms with Crippen molar-refractivity contribution < 1.29 is 0 Å². The van der Waals surface area contributed by atoms with Gasteiger partial charge in [-0.05, 0) is 24.3 Å². The van der Waals surface area contributed by atoms with Crippen molar-refractivity contribution >= 4 is 21.9 Å². The van der Waals surface area contributed by atoms with Crippen LogP contribution in [0.4, 0.5) is 0 Å². The lowest BCUT2D eigenvalue weighted by molar-refractivity contribution is 0.760. The summed E-state index contributed by atoms with van der Waals surface area (Å²) in [6, 6.07) is 15.5. The lowest BCUT2D eigenvalue weighted by atomic mass is 10.2. The number of rotatable bonds is 3. The Labute approximate surface area is 132 Å². The van der Waals surface area contributed by atoms with E-state index in [1.165, 1.54) is 0 Å². The fourth-order valence-electron chi connectivity index (χ4n) is 2.90. The van der Waals surface area contributed by atoms with Crippen LogP contribution in [0.2, 0.25) is 0 Å². The summed E-state index contributed by atoms with van der Waals surface area (Å²) in [5.74, 6) is 1.68. The van der Waals surface area contributed by atoms with E-state index in [0.717, 1.165) is 28.8 Å². The molecule has 2 aromatic heterocycles. The van der Waals surface area contributed by atoms with Crippen molar-refractivity contribution in [2.45, 2.75) is 12.8 Å². The van der Waals surface area contributed by atoms with Crippen molar-refractivity contribution in [3.63, 3.8) is 0 Å². The maximum Gasteiger partial charge on any atom is 0.258 e. The summed E-state index contributed by atoms with van der Waals surface area (Å²) >= 11 is 0. The maximum atomic E-state index is 12.1. The molecule has 0 spiro atoms. The summed E-state index contributed by atoms with van der Waals surface area (Å²) in [6.45, 7) is 0. The van der Waals surface area contributed by atoms with E-state index in [1.807, 2.05) is 43.4 Å².